The molecule has 0 bridgehead atoms. The van der Waals surface area contributed by atoms with Gasteiger partial charge in [-0.2, -0.15) is 0 Å². The van der Waals surface area contributed by atoms with Crippen molar-refractivity contribution in [3.63, 3.8) is 0 Å². The maximum Gasteiger partial charge on any atom is 0.0740 e. The molecule has 1 aliphatic rings. The summed E-state index contributed by atoms with van der Waals surface area (Å²) < 4.78 is 0. The Morgan fingerprint density at radius 3 is 2.00 bits per heavy atom. The average Bonchev–Trinajstić information content (AvgIpc) is 2.40. The second-order valence-electron chi connectivity index (χ2n) is 5.57. The molecule has 1 fully saturated rings. The fraction of sp³-hybridized carbons (Fsp3) is 1.00. The molecule has 0 aliphatic carbocycles. The third kappa shape index (κ3) is 6.19. The molecule has 1 aliphatic heterocycles. The highest BCUT2D eigenvalue weighted by molar-refractivity contribution is 4.91. The first-order valence-electron chi connectivity index (χ1n) is 7.53. The lowest BCUT2D eigenvalue weighted by Gasteiger charge is -2.37. The Hall–Kier alpha value is -0.200. The van der Waals surface area contributed by atoms with Gasteiger partial charge in [0.2, 0.25) is 0 Å². The number of rotatable bonds is 9. The monoisotopic (exact) mass is 275 g/mol. The van der Waals surface area contributed by atoms with Crippen molar-refractivity contribution in [1.29, 1.82) is 0 Å². The zero-order valence-electron chi connectivity index (χ0n) is 11.7. The van der Waals surface area contributed by atoms with E-state index in [0.29, 0.717) is 6.42 Å². The van der Waals surface area contributed by atoms with Gasteiger partial charge in [-0.3, -0.25) is 0 Å². The highest BCUT2D eigenvalue weighted by Gasteiger charge is 2.33. The molecule has 4 atom stereocenters. The van der Waals surface area contributed by atoms with E-state index in [2.05, 4.69) is 5.32 Å². The van der Waals surface area contributed by atoms with E-state index >= 15 is 0 Å². The Balaban J connectivity index is 2.11. The summed E-state index contributed by atoms with van der Waals surface area (Å²) >= 11 is 0. The molecule has 5 heteroatoms. The number of hydrogen-bond acceptors (Lipinski definition) is 5. The van der Waals surface area contributed by atoms with Crippen LogP contribution in [-0.4, -0.2) is 57.9 Å². The number of piperidine rings is 1. The first-order valence-corrected chi connectivity index (χ1v) is 7.53. The Kier molecular flexibility index (Phi) is 8.57. The van der Waals surface area contributed by atoms with Crippen LogP contribution in [0.25, 0.3) is 0 Å². The van der Waals surface area contributed by atoms with Crippen LogP contribution in [0.3, 0.4) is 0 Å². The average molecular weight is 275 g/mol. The van der Waals surface area contributed by atoms with Crippen LogP contribution >= 0.6 is 0 Å². The molecule has 114 valence electrons. The number of nitrogens with one attached hydrogen (secondary N) is 1. The zero-order chi connectivity index (χ0) is 14.1. The summed E-state index contributed by atoms with van der Waals surface area (Å²) in [6.07, 6.45) is 6.50. The molecular weight excluding hydrogens is 246 g/mol. The Labute approximate surface area is 115 Å². The van der Waals surface area contributed by atoms with Crippen LogP contribution in [0.4, 0.5) is 0 Å². The summed E-state index contributed by atoms with van der Waals surface area (Å²) in [5.41, 5.74) is 0. The molecule has 1 heterocycles. The number of hydrogen-bond donors (Lipinski definition) is 5. The lowest BCUT2D eigenvalue weighted by Crippen LogP contribution is -2.58. The number of unbranched alkanes of at least 4 members (excludes halogenated alkanes) is 5. The minimum Gasteiger partial charge on any atom is -0.396 e. The fourth-order valence-corrected chi connectivity index (χ4v) is 2.71. The first-order chi connectivity index (χ1) is 9.19. The highest BCUT2D eigenvalue weighted by Crippen LogP contribution is 2.19. The number of aliphatic hydroxyl groups is 4. The van der Waals surface area contributed by atoms with Gasteiger partial charge < -0.3 is 25.7 Å². The van der Waals surface area contributed by atoms with E-state index < -0.39 is 12.2 Å². The lowest BCUT2D eigenvalue weighted by molar-refractivity contribution is -0.0215. The molecule has 0 spiro atoms. The predicted molar refractivity (Wildman–Crippen MR) is 73.8 cm³/mol. The molecule has 1 rings (SSSR count). The van der Waals surface area contributed by atoms with Crippen LogP contribution in [0.2, 0.25) is 0 Å². The van der Waals surface area contributed by atoms with E-state index in [1.54, 1.807) is 0 Å². The summed E-state index contributed by atoms with van der Waals surface area (Å²) in [5, 5.41) is 40.5. The summed E-state index contributed by atoms with van der Waals surface area (Å²) in [6, 6.07) is -0.323. The molecular formula is C14H29NO4. The van der Waals surface area contributed by atoms with Crippen molar-refractivity contribution >= 4 is 0 Å². The van der Waals surface area contributed by atoms with E-state index in [1.807, 2.05) is 0 Å². The van der Waals surface area contributed by atoms with Gasteiger partial charge in [0.05, 0.1) is 24.9 Å². The van der Waals surface area contributed by atoms with Crippen molar-refractivity contribution in [1.82, 2.24) is 5.32 Å². The molecule has 5 N–H and O–H groups in total. The second kappa shape index (κ2) is 9.66. The molecule has 0 saturated carbocycles. The zero-order valence-corrected chi connectivity index (χ0v) is 11.7. The molecule has 0 aromatic rings. The molecule has 0 aromatic carbocycles. The smallest absolute Gasteiger partial charge is 0.0740 e. The van der Waals surface area contributed by atoms with Crippen LogP contribution in [0, 0.1) is 0 Å². The second-order valence-corrected chi connectivity index (χ2v) is 5.57. The largest absolute Gasteiger partial charge is 0.396 e. The standard InChI is InChI=1S/C14H29NO4/c16-8-6-4-2-1-3-5-7-11-13(18)9-14(19)12(10-17)15-11/h11-19H,1-10H2/t11-,12-,13+,14+/m1/s1. The third-order valence-corrected chi connectivity index (χ3v) is 3.96. The molecule has 19 heavy (non-hydrogen) atoms. The minimum atomic E-state index is -0.658. The van der Waals surface area contributed by atoms with Crippen molar-refractivity contribution in [2.75, 3.05) is 13.2 Å². The van der Waals surface area contributed by atoms with Gasteiger partial charge in [0.25, 0.3) is 0 Å². The molecule has 1 saturated heterocycles. The van der Waals surface area contributed by atoms with E-state index in [-0.39, 0.29) is 25.3 Å². The predicted octanol–water partition coefficient (Wildman–Crippen LogP) is 0.154. The van der Waals surface area contributed by atoms with Gasteiger partial charge in [-0.1, -0.05) is 32.1 Å². The van der Waals surface area contributed by atoms with Crippen molar-refractivity contribution in [2.24, 2.45) is 0 Å². The molecule has 0 amide bonds. The maximum atomic E-state index is 9.89. The van der Waals surface area contributed by atoms with Crippen LogP contribution in [0.1, 0.15) is 51.4 Å². The summed E-state index contributed by atoms with van der Waals surface area (Å²) in [4.78, 5) is 0. The van der Waals surface area contributed by atoms with Gasteiger partial charge in [-0.05, 0) is 12.8 Å². The Bertz CT molecular complexity index is 227. The summed E-state index contributed by atoms with van der Waals surface area (Å²) in [5.74, 6) is 0. The van der Waals surface area contributed by atoms with Gasteiger partial charge in [-0.25, -0.2) is 0 Å². The van der Waals surface area contributed by atoms with Crippen LogP contribution in [0.15, 0.2) is 0 Å². The minimum absolute atomic E-state index is 0.0157. The van der Waals surface area contributed by atoms with Gasteiger partial charge in [0.15, 0.2) is 0 Å². The van der Waals surface area contributed by atoms with E-state index in [1.165, 1.54) is 0 Å². The molecule has 0 radical (unpaired) electrons. The summed E-state index contributed by atoms with van der Waals surface area (Å²) in [6.45, 7) is 0.189. The molecule has 5 nitrogen and oxygen atoms in total. The Morgan fingerprint density at radius 1 is 0.789 bits per heavy atom. The normalized spacial score (nSPS) is 31.6. The fourth-order valence-electron chi connectivity index (χ4n) is 2.71. The molecule has 0 unspecified atom stereocenters. The lowest BCUT2D eigenvalue weighted by atomic mass is 9.90. The quantitative estimate of drug-likeness (QED) is 0.386. The van der Waals surface area contributed by atoms with Crippen LogP contribution < -0.4 is 5.32 Å². The first kappa shape index (κ1) is 16.9. The van der Waals surface area contributed by atoms with Gasteiger partial charge >= 0.3 is 0 Å². The van der Waals surface area contributed by atoms with E-state index in [0.717, 1.165) is 44.9 Å². The number of aliphatic hydroxyl groups excluding tert-OH is 4. The van der Waals surface area contributed by atoms with Crippen molar-refractivity contribution in [3.8, 4) is 0 Å². The SMILES string of the molecule is OCCCCCCCC[C@H]1N[C@H](CO)[C@@H](O)C[C@@H]1O. The maximum absolute atomic E-state index is 9.89. The topological polar surface area (TPSA) is 93.0 Å². The van der Waals surface area contributed by atoms with Gasteiger partial charge in [0.1, 0.15) is 0 Å². The van der Waals surface area contributed by atoms with E-state index in [4.69, 9.17) is 10.2 Å². The van der Waals surface area contributed by atoms with E-state index in [9.17, 15) is 10.2 Å². The van der Waals surface area contributed by atoms with Crippen LogP contribution in [0.5, 0.6) is 0 Å². The Morgan fingerprint density at radius 2 is 1.37 bits per heavy atom. The highest BCUT2D eigenvalue weighted by atomic mass is 16.3. The van der Waals surface area contributed by atoms with Crippen LogP contribution in [-0.2, 0) is 0 Å². The van der Waals surface area contributed by atoms with Crippen molar-refractivity contribution in [2.45, 2.75) is 75.7 Å². The van der Waals surface area contributed by atoms with Gasteiger partial charge in [0, 0.05) is 19.1 Å². The third-order valence-electron chi connectivity index (χ3n) is 3.96. The van der Waals surface area contributed by atoms with Crippen molar-refractivity contribution in [3.05, 3.63) is 0 Å². The molecule has 0 aromatic heterocycles. The summed E-state index contributed by atoms with van der Waals surface area (Å²) in [7, 11) is 0. The van der Waals surface area contributed by atoms with Gasteiger partial charge in [-0.15, -0.1) is 0 Å². The van der Waals surface area contributed by atoms with Crippen molar-refractivity contribution < 1.29 is 20.4 Å².